The number of anilines is 1. The van der Waals surface area contributed by atoms with Gasteiger partial charge in [0.05, 0.1) is 23.9 Å². The van der Waals surface area contributed by atoms with Crippen LogP contribution in [0.5, 0.6) is 5.75 Å². The molecule has 0 aliphatic carbocycles. The fraction of sp³-hybridized carbons (Fsp3) is 0.435. The number of aromatic nitrogens is 1. The average molecular weight is 427 g/mol. The van der Waals surface area contributed by atoms with E-state index in [2.05, 4.69) is 10.3 Å². The molecule has 8 nitrogen and oxygen atoms in total. The highest BCUT2D eigenvalue weighted by molar-refractivity contribution is 6.07. The van der Waals surface area contributed by atoms with E-state index in [0.717, 1.165) is 0 Å². The maximum atomic E-state index is 13.4. The van der Waals surface area contributed by atoms with E-state index in [1.165, 1.54) is 0 Å². The molecule has 3 rings (SSSR count). The summed E-state index contributed by atoms with van der Waals surface area (Å²) in [5, 5.41) is 12.6. The predicted octanol–water partition coefficient (Wildman–Crippen LogP) is 2.12. The third kappa shape index (κ3) is 5.21. The van der Waals surface area contributed by atoms with Crippen molar-refractivity contribution in [2.24, 2.45) is 5.92 Å². The number of rotatable bonds is 6. The summed E-state index contributed by atoms with van der Waals surface area (Å²) in [5.74, 6) is -0.181. The number of ether oxygens (including phenoxy) is 1. The number of amides is 2. The number of fused-ring (bicyclic) bond motifs is 1. The van der Waals surface area contributed by atoms with Gasteiger partial charge in [0.25, 0.3) is 11.8 Å². The second kappa shape index (κ2) is 9.89. The predicted molar refractivity (Wildman–Crippen MR) is 118 cm³/mol. The van der Waals surface area contributed by atoms with E-state index < -0.39 is 0 Å². The van der Waals surface area contributed by atoms with E-state index in [4.69, 9.17) is 4.74 Å². The Morgan fingerprint density at radius 3 is 2.68 bits per heavy atom. The van der Waals surface area contributed by atoms with Crippen LogP contribution in [0.25, 0.3) is 0 Å². The maximum Gasteiger partial charge on any atom is 0.258 e. The molecular formula is C23H30N4O4. The van der Waals surface area contributed by atoms with Crippen molar-refractivity contribution in [3.05, 3.63) is 53.9 Å². The van der Waals surface area contributed by atoms with Crippen molar-refractivity contribution in [1.82, 2.24) is 14.8 Å². The lowest BCUT2D eigenvalue weighted by atomic mass is 9.99. The first kappa shape index (κ1) is 22.7. The van der Waals surface area contributed by atoms with Gasteiger partial charge in [-0.25, -0.2) is 0 Å². The Morgan fingerprint density at radius 2 is 2.03 bits per heavy atom. The molecule has 0 spiro atoms. The summed E-state index contributed by atoms with van der Waals surface area (Å²) in [6, 6.07) is 8.04. The van der Waals surface area contributed by atoms with E-state index in [1.54, 1.807) is 47.6 Å². The number of benzene rings is 1. The number of aliphatic hydroxyl groups is 1. The lowest BCUT2D eigenvalue weighted by molar-refractivity contribution is 0.0365. The zero-order valence-electron chi connectivity index (χ0n) is 18.4. The molecule has 3 atom stereocenters. The molecule has 0 unspecified atom stereocenters. The molecule has 2 heterocycles. The lowest BCUT2D eigenvalue weighted by Crippen LogP contribution is -2.49. The number of para-hydroxylation sites is 1. The SMILES string of the molecule is C[C@@H]1CN([C@@H](C)CO)C(=O)c2cccc(NC(=O)c3ccncc3)c2O[C@@H]1CN(C)C. The van der Waals surface area contributed by atoms with Crippen LogP contribution in [0.1, 0.15) is 34.6 Å². The Kier molecular flexibility index (Phi) is 7.25. The highest BCUT2D eigenvalue weighted by Gasteiger charge is 2.34. The normalized spacial score (nSPS) is 19.8. The number of nitrogens with one attached hydrogen (secondary N) is 1. The highest BCUT2D eigenvalue weighted by Crippen LogP contribution is 2.35. The summed E-state index contributed by atoms with van der Waals surface area (Å²) in [6.07, 6.45) is 2.88. The lowest BCUT2D eigenvalue weighted by Gasteiger charge is -2.38. The first-order valence-corrected chi connectivity index (χ1v) is 10.4. The smallest absolute Gasteiger partial charge is 0.258 e. The van der Waals surface area contributed by atoms with E-state index in [-0.39, 0.29) is 36.5 Å². The molecule has 166 valence electrons. The van der Waals surface area contributed by atoms with Gasteiger partial charge in [0.1, 0.15) is 6.10 Å². The Hall–Kier alpha value is -2.97. The summed E-state index contributed by atoms with van der Waals surface area (Å²) < 4.78 is 6.38. The molecule has 1 aromatic carbocycles. The molecule has 0 saturated heterocycles. The van der Waals surface area contributed by atoms with Crippen molar-refractivity contribution in [2.75, 3.05) is 39.1 Å². The van der Waals surface area contributed by atoms with Crippen molar-refractivity contribution >= 4 is 17.5 Å². The minimum atomic E-state index is -0.337. The van der Waals surface area contributed by atoms with Gasteiger partial charge in [-0.15, -0.1) is 0 Å². The number of carbonyl (C=O) groups excluding carboxylic acids is 2. The summed E-state index contributed by atoms with van der Waals surface area (Å²) in [4.78, 5) is 33.8. The van der Waals surface area contributed by atoms with E-state index in [9.17, 15) is 14.7 Å². The molecule has 1 aliphatic heterocycles. The third-order valence-electron chi connectivity index (χ3n) is 5.43. The van der Waals surface area contributed by atoms with Crippen LogP contribution < -0.4 is 10.1 Å². The van der Waals surface area contributed by atoms with Gasteiger partial charge in [-0.1, -0.05) is 13.0 Å². The van der Waals surface area contributed by atoms with Crippen molar-refractivity contribution < 1.29 is 19.4 Å². The van der Waals surface area contributed by atoms with Crippen LogP contribution in [0.4, 0.5) is 5.69 Å². The molecule has 31 heavy (non-hydrogen) atoms. The average Bonchev–Trinajstić information content (AvgIpc) is 2.76. The standard InChI is InChI=1S/C23H30N4O4/c1-15-12-27(16(2)14-28)23(30)18-6-5-7-19(21(18)31-20(15)13-26(3)4)25-22(29)17-8-10-24-11-9-17/h5-11,15-16,20,28H,12-14H2,1-4H3,(H,25,29)/t15-,16+,20-/m1/s1. The molecule has 2 N–H and O–H groups in total. The zero-order valence-corrected chi connectivity index (χ0v) is 18.4. The molecule has 0 fully saturated rings. The minimum absolute atomic E-state index is 0.0115. The van der Waals surface area contributed by atoms with Crippen LogP contribution in [0.3, 0.4) is 0 Å². The van der Waals surface area contributed by atoms with Gasteiger partial charge in [0, 0.05) is 37.0 Å². The van der Waals surface area contributed by atoms with Gasteiger partial charge in [-0.3, -0.25) is 14.6 Å². The molecule has 2 amide bonds. The first-order valence-electron chi connectivity index (χ1n) is 10.4. The van der Waals surface area contributed by atoms with E-state index in [1.807, 2.05) is 32.8 Å². The van der Waals surface area contributed by atoms with Crippen LogP contribution >= 0.6 is 0 Å². The molecule has 1 aliphatic rings. The Balaban J connectivity index is 2.04. The molecular weight excluding hydrogens is 396 g/mol. The fourth-order valence-electron chi connectivity index (χ4n) is 3.62. The quantitative estimate of drug-likeness (QED) is 0.735. The number of carbonyl (C=O) groups is 2. The largest absolute Gasteiger partial charge is 0.486 e. The number of pyridine rings is 1. The number of nitrogens with zero attached hydrogens (tertiary/aromatic N) is 3. The second-order valence-electron chi connectivity index (χ2n) is 8.26. The monoisotopic (exact) mass is 426 g/mol. The molecule has 8 heteroatoms. The van der Waals surface area contributed by atoms with Crippen molar-refractivity contribution in [3.63, 3.8) is 0 Å². The minimum Gasteiger partial charge on any atom is -0.486 e. The summed E-state index contributed by atoms with van der Waals surface area (Å²) >= 11 is 0. The molecule has 0 bridgehead atoms. The van der Waals surface area contributed by atoms with Gasteiger partial charge >= 0.3 is 0 Å². The number of hydrogen-bond donors (Lipinski definition) is 2. The van der Waals surface area contributed by atoms with Crippen LogP contribution in [-0.2, 0) is 0 Å². The maximum absolute atomic E-state index is 13.4. The molecule has 2 aromatic rings. The van der Waals surface area contributed by atoms with Crippen molar-refractivity contribution in [1.29, 1.82) is 0 Å². The summed E-state index contributed by atoms with van der Waals surface area (Å²) in [7, 11) is 3.93. The summed E-state index contributed by atoms with van der Waals surface area (Å²) in [5.41, 5.74) is 1.25. The van der Waals surface area contributed by atoms with E-state index in [0.29, 0.717) is 35.7 Å². The highest BCUT2D eigenvalue weighted by atomic mass is 16.5. The number of likely N-dealkylation sites (N-methyl/N-ethyl adjacent to an activating group) is 1. The van der Waals surface area contributed by atoms with Gasteiger partial charge < -0.3 is 25.0 Å². The van der Waals surface area contributed by atoms with Crippen molar-refractivity contribution in [3.8, 4) is 5.75 Å². The Bertz CT molecular complexity index is 919. The van der Waals surface area contributed by atoms with Crippen molar-refractivity contribution in [2.45, 2.75) is 26.0 Å². The zero-order chi connectivity index (χ0) is 22.5. The number of aliphatic hydroxyl groups excluding tert-OH is 1. The fourth-order valence-corrected chi connectivity index (χ4v) is 3.62. The van der Waals surface area contributed by atoms with Gasteiger partial charge in [0.15, 0.2) is 5.75 Å². The molecule has 1 aromatic heterocycles. The van der Waals surface area contributed by atoms with Gasteiger partial charge in [-0.2, -0.15) is 0 Å². The molecule has 0 radical (unpaired) electrons. The van der Waals surface area contributed by atoms with Gasteiger partial charge in [0.2, 0.25) is 0 Å². The number of hydrogen-bond acceptors (Lipinski definition) is 6. The van der Waals surface area contributed by atoms with Gasteiger partial charge in [-0.05, 0) is 45.3 Å². The van der Waals surface area contributed by atoms with Crippen LogP contribution in [0.2, 0.25) is 0 Å². The van der Waals surface area contributed by atoms with Crippen LogP contribution in [0.15, 0.2) is 42.7 Å². The van der Waals surface area contributed by atoms with Crippen LogP contribution in [0, 0.1) is 5.92 Å². The van der Waals surface area contributed by atoms with E-state index >= 15 is 0 Å². The Labute approximate surface area is 182 Å². The Morgan fingerprint density at radius 1 is 1.32 bits per heavy atom. The third-order valence-corrected chi connectivity index (χ3v) is 5.43. The topological polar surface area (TPSA) is 95.0 Å². The van der Waals surface area contributed by atoms with Crippen LogP contribution in [-0.4, -0.2) is 77.6 Å². The molecule has 0 saturated carbocycles. The first-order chi connectivity index (χ1) is 14.8. The second-order valence-corrected chi connectivity index (χ2v) is 8.26. The summed E-state index contributed by atoms with van der Waals surface area (Å²) in [6.45, 7) is 4.82.